The first-order valence-electron chi connectivity index (χ1n) is 44.2. The van der Waals surface area contributed by atoms with E-state index in [9.17, 15) is 18.8 Å². The fraction of sp³-hybridized carbons (Fsp3) is 0.516. The van der Waals surface area contributed by atoms with Gasteiger partial charge in [-0.2, -0.15) is 111 Å². The average molecular weight is 1910 g/mol. The van der Waals surface area contributed by atoms with E-state index in [-0.39, 0.29) is 142 Å². The number of hydrogen-bond acceptors (Lipinski definition) is 21. The van der Waals surface area contributed by atoms with Crippen molar-refractivity contribution in [2.45, 2.75) is 160 Å². The lowest BCUT2D eigenvalue weighted by atomic mass is 10.0. The Balaban J connectivity index is 0.000000235. The van der Waals surface area contributed by atoms with E-state index in [1.54, 1.807) is 20.8 Å². The Hall–Kier alpha value is -9.12. The zero-order chi connectivity index (χ0) is 87.1. The second-order valence-electron chi connectivity index (χ2n) is 34.4. The highest BCUT2D eigenvalue weighted by molar-refractivity contribution is 7.60. The van der Waals surface area contributed by atoms with Crippen molar-refractivity contribution in [2.24, 2.45) is 0 Å². The molecule has 12 heterocycles. The van der Waals surface area contributed by atoms with Crippen molar-refractivity contribution in [3.63, 3.8) is 0 Å². The lowest BCUT2D eigenvalue weighted by Crippen LogP contribution is -2.56. The number of aromatic nitrogens is 6. The molecule has 27 nitrogen and oxygen atoms in total. The van der Waals surface area contributed by atoms with Crippen LogP contribution in [0.5, 0.6) is 18.0 Å². The summed E-state index contributed by atoms with van der Waals surface area (Å²) in [5.41, 5.74) is 11.3. The van der Waals surface area contributed by atoms with Crippen molar-refractivity contribution >= 4 is 156 Å². The predicted octanol–water partition coefficient (Wildman–Crippen LogP) is 13.1. The number of carbonyl (C=O) groups is 3. The third kappa shape index (κ3) is 25.2. The molecule has 0 radical (unpaired) electrons. The molecule has 3 amide bonds. The van der Waals surface area contributed by atoms with Gasteiger partial charge in [0.2, 0.25) is 37.4 Å². The molecule has 16 rings (SSSR count). The topological polar surface area (TPSA) is 208 Å². The van der Waals surface area contributed by atoms with Crippen LogP contribution in [0.4, 0.5) is 38.9 Å². The van der Waals surface area contributed by atoms with Gasteiger partial charge in [0.1, 0.15) is 61.2 Å². The van der Waals surface area contributed by atoms with Crippen LogP contribution in [0.25, 0.3) is 25.3 Å². The van der Waals surface area contributed by atoms with Crippen molar-refractivity contribution in [1.29, 1.82) is 0 Å². The van der Waals surface area contributed by atoms with Crippen LogP contribution in [0.1, 0.15) is 122 Å². The van der Waals surface area contributed by atoms with Gasteiger partial charge < -0.3 is 87.5 Å². The summed E-state index contributed by atoms with van der Waals surface area (Å²) in [5.74, 6) is 2.41. The lowest BCUT2D eigenvalue weighted by Gasteiger charge is -2.40. The van der Waals surface area contributed by atoms with Crippen LogP contribution in [-0.2, 0) is 53.3 Å². The fourth-order valence-electron chi connectivity index (χ4n) is 19.2. The average Bonchev–Trinajstić information content (AvgIpc) is 1.49. The number of hydrogen-bond donors (Lipinski definition) is 0. The van der Waals surface area contributed by atoms with Gasteiger partial charge in [-0.3, -0.25) is 14.4 Å². The SMILES string of the molecule is S.S.S.S.S.S.[C-]#[N+]C[C@H]1CN(c2nc(OC[C@@H]3CCCN3C)nc3c2CCCN(c2cccc(C(C)C)c2)C3)CCN1C(=O)C=C.[C-]#[N+]C[C@H]1CN(c2nc(OC[C@@H]3CCCN3C)nc3c2CCCN(c2cccc(F)c2C)C3)CCN1C(=O)C=C.[C-]#[N+]C[C@H]1CN(c2nc(OC[C@@H]3CCCN3C)nc3c2CCCN(c2cccc4cccc(Cl)c24)C3)CCN1C(=O)C=C. The molecule has 9 aliphatic heterocycles. The number of rotatable bonds is 22. The standard InChI is InChI=1S/C33H38ClN7O2.C32H43N7O2.C30H38FN7O2.6H2S/c1-4-30(42)41-18-17-40(20-25(41)19-35-2)32-26-12-8-16-39(29-14-6-10-23-9-5-13-27(34)31(23)29)21-28(26)36-33(37-32)43-22-24-11-7-15-38(24)3;1-6-30(40)39-17-16-38(20-27(39)19-33-4)31-28-13-9-15-37(25-11-7-10-24(18-25)23(2)3)21-29(28)34-32(35-31)41-22-26-12-8-14-36(26)5;1-5-28(39)38-16-15-37(18-23(38)17-32-3)29-24-10-8-14-36(27-12-6-11-25(31)21(27)2)19-26(24)33-30(34-29)40-20-22-9-7-13-35(22)4;;;;;;/h4-6,9-10,13-14,24-25H,1,7-8,11-12,15-22H2,3H3;6-7,10-11,18,23,26-27H,1,8-9,12-17,19-22H2,2-3,5H3;5-6,11-12,22-23H,1,7-10,13-20H2,2,4H3;6*1H2/t24-,25-;26-,27-;22-,23-;;;;;;/m000....../s1. The highest BCUT2D eigenvalue weighted by Gasteiger charge is 2.40. The summed E-state index contributed by atoms with van der Waals surface area (Å²) in [6.45, 7) is 54.6. The number of ether oxygens (including phenoxy) is 3. The van der Waals surface area contributed by atoms with Gasteiger partial charge >= 0.3 is 18.0 Å². The van der Waals surface area contributed by atoms with Gasteiger partial charge in [-0.15, -0.1) is 0 Å². The summed E-state index contributed by atoms with van der Waals surface area (Å²) in [5, 5.41) is 2.90. The molecule has 6 atom stereocenters. The first-order chi connectivity index (χ1) is 60.2. The number of halogens is 2. The van der Waals surface area contributed by atoms with E-state index < -0.39 is 0 Å². The van der Waals surface area contributed by atoms with Gasteiger partial charge in [-0.05, 0) is 196 Å². The van der Waals surface area contributed by atoms with Crippen molar-refractivity contribution < 1.29 is 33.0 Å². The lowest BCUT2D eigenvalue weighted by molar-refractivity contribution is -0.129. The highest BCUT2D eigenvalue weighted by atomic mass is 35.5. The molecule has 6 saturated heterocycles. The summed E-state index contributed by atoms with van der Waals surface area (Å²) in [6.07, 6.45) is 16.1. The summed E-state index contributed by atoms with van der Waals surface area (Å²) >= 11 is 6.74. The van der Waals surface area contributed by atoms with E-state index >= 15 is 0 Å². The molecule has 0 aliphatic carbocycles. The normalized spacial score (nSPS) is 20.3. The summed E-state index contributed by atoms with van der Waals surface area (Å²) in [7, 11) is 6.40. The number of likely N-dealkylation sites (tertiary alicyclic amines) is 3. The van der Waals surface area contributed by atoms with Gasteiger partial charge in [0, 0.05) is 141 Å². The van der Waals surface area contributed by atoms with Crippen LogP contribution < -0.4 is 43.6 Å². The fourth-order valence-corrected chi connectivity index (χ4v) is 19.4. The summed E-state index contributed by atoms with van der Waals surface area (Å²) in [6, 6.07) is 27.9. The van der Waals surface area contributed by atoms with Crippen LogP contribution in [0.3, 0.4) is 0 Å². The molecule has 7 aromatic rings. The molecule has 3 aromatic heterocycles. The minimum Gasteiger partial charge on any atom is -0.462 e. The Morgan fingerprint density at radius 3 is 1.20 bits per heavy atom. The Labute approximate surface area is 814 Å². The molecule has 130 heavy (non-hydrogen) atoms. The largest absolute Gasteiger partial charge is 0.462 e. The highest BCUT2D eigenvalue weighted by Crippen LogP contribution is 2.40. The van der Waals surface area contributed by atoms with Crippen LogP contribution in [0.15, 0.2) is 117 Å². The number of amides is 3. The van der Waals surface area contributed by atoms with Gasteiger partial charge in [0.05, 0.1) is 41.7 Å². The van der Waals surface area contributed by atoms with Crippen LogP contribution in [0.2, 0.25) is 5.02 Å². The third-order valence-corrected chi connectivity index (χ3v) is 26.6. The molecule has 6 fully saturated rings. The zero-order valence-corrected chi connectivity index (χ0v) is 82.7. The second-order valence-corrected chi connectivity index (χ2v) is 34.8. The first-order valence-corrected chi connectivity index (χ1v) is 44.6. The number of anilines is 6. The molecule has 0 spiro atoms. The maximum absolute atomic E-state index is 14.5. The molecule has 4 aromatic carbocycles. The van der Waals surface area contributed by atoms with Gasteiger partial charge in [0.25, 0.3) is 0 Å². The quantitative estimate of drug-likeness (QED) is 0.0456. The van der Waals surface area contributed by atoms with Crippen molar-refractivity contribution in [2.75, 3.05) is 188 Å². The third-order valence-electron chi connectivity index (χ3n) is 26.2. The predicted molar refractivity (Wildman–Crippen MR) is 549 cm³/mol. The van der Waals surface area contributed by atoms with Crippen molar-refractivity contribution in [3.8, 4) is 18.0 Å². The Bertz CT molecular complexity index is 5160. The van der Waals surface area contributed by atoms with Crippen LogP contribution in [-0.4, -0.2) is 272 Å². The van der Waals surface area contributed by atoms with E-state index in [2.05, 4.69) is 162 Å². The number of nitrogens with zero attached hydrogens (tertiary/aromatic N) is 21. The van der Waals surface area contributed by atoms with E-state index in [0.29, 0.717) is 146 Å². The van der Waals surface area contributed by atoms with E-state index in [4.69, 9.17) is 75.4 Å². The van der Waals surface area contributed by atoms with Gasteiger partial charge in [-0.1, -0.05) is 87.6 Å². The molecule has 0 saturated carbocycles. The van der Waals surface area contributed by atoms with Crippen molar-refractivity contribution in [1.82, 2.24) is 59.3 Å². The Morgan fingerprint density at radius 2 is 0.823 bits per heavy atom. The summed E-state index contributed by atoms with van der Waals surface area (Å²) < 4.78 is 33.3. The zero-order valence-electron chi connectivity index (χ0n) is 76.0. The van der Waals surface area contributed by atoms with Crippen LogP contribution >= 0.6 is 92.6 Å². The number of benzene rings is 4. The Kier molecular flexibility index (Phi) is 40.9. The first kappa shape index (κ1) is 106. The second kappa shape index (κ2) is 50.1. The molecular weight excluding hydrogens is 1780 g/mol. The number of piperazine rings is 3. The molecule has 702 valence electrons. The maximum Gasteiger partial charge on any atom is 0.318 e. The van der Waals surface area contributed by atoms with Gasteiger partial charge in [-0.25, -0.2) is 24.1 Å². The molecular formula is C95H131ClFN21O6S6. The van der Waals surface area contributed by atoms with E-state index in [0.717, 1.165) is 182 Å². The minimum atomic E-state index is -0.254. The molecule has 9 aliphatic rings. The smallest absolute Gasteiger partial charge is 0.318 e. The Morgan fingerprint density at radius 1 is 0.462 bits per heavy atom. The monoisotopic (exact) mass is 1910 g/mol. The number of carbonyl (C=O) groups excluding carboxylic acids is 3. The van der Waals surface area contributed by atoms with Crippen LogP contribution in [0, 0.1) is 32.5 Å². The molecule has 0 unspecified atom stereocenters. The molecule has 0 N–H and O–H groups in total. The van der Waals surface area contributed by atoms with Gasteiger partial charge in [0.15, 0.2) is 0 Å². The minimum absolute atomic E-state index is 0. The van der Waals surface area contributed by atoms with E-state index in [1.807, 2.05) is 25.1 Å². The molecule has 35 heteroatoms. The molecule has 0 bridgehead atoms. The van der Waals surface area contributed by atoms with E-state index in [1.165, 1.54) is 48.4 Å². The number of likely N-dealkylation sites (N-methyl/N-ethyl adjacent to an activating group) is 3. The number of fused-ring (bicyclic) bond motifs is 4. The maximum atomic E-state index is 14.5. The summed E-state index contributed by atoms with van der Waals surface area (Å²) in [4.78, 5) is 104. The van der Waals surface area contributed by atoms with Crippen molar-refractivity contribution in [3.05, 3.63) is 207 Å².